The Labute approximate surface area is 175 Å². The molecule has 1 aromatic carbocycles. The molecule has 1 aliphatic rings. The van der Waals surface area contributed by atoms with E-state index in [1.54, 1.807) is 17.8 Å². The van der Waals surface area contributed by atoms with Crippen molar-refractivity contribution in [3.05, 3.63) is 47.3 Å². The summed E-state index contributed by atoms with van der Waals surface area (Å²) in [6.07, 6.45) is 3.35. The summed E-state index contributed by atoms with van der Waals surface area (Å²) in [5, 5.41) is 0.945. The summed E-state index contributed by atoms with van der Waals surface area (Å²) < 4.78 is 25.9. The number of nitrogens with two attached hydrogens (primary N) is 1. The lowest BCUT2D eigenvalue weighted by Gasteiger charge is -2.39. The molecule has 0 unspecified atom stereocenters. The maximum Gasteiger partial charge on any atom is 0.250 e. The number of primary amides is 1. The number of benzene rings is 1. The summed E-state index contributed by atoms with van der Waals surface area (Å²) >= 11 is 1.79. The van der Waals surface area contributed by atoms with Crippen molar-refractivity contribution in [2.75, 3.05) is 17.3 Å². The van der Waals surface area contributed by atoms with Crippen molar-refractivity contribution in [1.29, 1.82) is 0 Å². The van der Waals surface area contributed by atoms with Gasteiger partial charge < -0.3 is 15.1 Å². The molecule has 5 N–H and O–H groups in total. The number of hydrogen-bond acceptors (Lipinski definition) is 5. The normalized spacial score (nSPS) is 18.2. The molecule has 0 saturated carbocycles. The Morgan fingerprint density at radius 1 is 1.31 bits per heavy atom. The maximum atomic E-state index is 12.1. The minimum Gasteiger partial charge on any atom is -0.460 e. The summed E-state index contributed by atoms with van der Waals surface area (Å²) in [4.78, 5) is 15.3. The third-order valence-electron chi connectivity index (χ3n) is 5.51. The number of carbonyl (C=O) groups is 1. The number of aromatic nitrogens is 1. The molecule has 0 aliphatic carbocycles. The number of thioether (sulfide) groups is 1. The lowest BCUT2D eigenvalue weighted by Crippen LogP contribution is -2.19. The zero-order chi connectivity index (χ0) is 20.6. The first-order valence-electron chi connectivity index (χ1n) is 9.73. The van der Waals surface area contributed by atoms with Crippen LogP contribution in [0, 0.1) is 0 Å². The second kappa shape index (κ2) is 8.10. The number of aromatic amines is 1. The zero-order valence-electron chi connectivity index (χ0n) is 16.3. The molecule has 3 aromatic rings. The van der Waals surface area contributed by atoms with E-state index in [-0.39, 0.29) is 5.92 Å². The number of rotatable bonds is 6. The van der Waals surface area contributed by atoms with Gasteiger partial charge in [-0.15, -0.1) is 0 Å². The quantitative estimate of drug-likeness (QED) is 0.414. The highest BCUT2D eigenvalue weighted by molar-refractivity contribution is 8.24. The summed E-state index contributed by atoms with van der Waals surface area (Å²) in [5.74, 6) is 4.01. The molecule has 1 aliphatic heterocycles. The molecule has 1 amide bonds. The van der Waals surface area contributed by atoms with E-state index in [1.807, 2.05) is 24.4 Å². The number of nitrogens with one attached hydrogen (secondary N) is 1. The average molecular weight is 435 g/mol. The SMILES string of the molecule is CCSCc1ccc(-c2cc(C(N)=O)c3[nH]cc(C4CCS(O)(O)CC4)c3c2)o1. The molecule has 4 rings (SSSR count). The van der Waals surface area contributed by atoms with E-state index in [2.05, 4.69) is 11.9 Å². The molecule has 0 spiro atoms. The van der Waals surface area contributed by atoms with Gasteiger partial charge in [-0.2, -0.15) is 22.4 Å². The molecule has 29 heavy (non-hydrogen) atoms. The smallest absolute Gasteiger partial charge is 0.250 e. The Kier molecular flexibility index (Phi) is 5.70. The van der Waals surface area contributed by atoms with Crippen LogP contribution in [0.5, 0.6) is 0 Å². The van der Waals surface area contributed by atoms with Gasteiger partial charge in [-0.05, 0) is 54.3 Å². The van der Waals surface area contributed by atoms with Crippen molar-refractivity contribution in [3.63, 3.8) is 0 Å². The maximum absolute atomic E-state index is 12.1. The van der Waals surface area contributed by atoms with Crippen LogP contribution in [-0.2, 0) is 5.75 Å². The average Bonchev–Trinajstić information content (AvgIpc) is 3.32. The third-order valence-corrected chi connectivity index (χ3v) is 8.18. The van der Waals surface area contributed by atoms with Crippen molar-refractivity contribution in [1.82, 2.24) is 4.98 Å². The summed E-state index contributed by atoms with van der Waals surface area (Å²) in [7, 11) is -2.44. The van der Waals surface area contributed by atoms with Crippen molar-refractivity contribution in [3.8, 4) is 11.3 Å². The fourth-order valence-corrected chi connectivity index (χ4v) is 6.05. The van der Waals surface area contributed by atoms with Crippen LogP contribution in [0.25, 0.3) is 22.2 Å². The topological polar surface area (TPSA) is 112 Å². The van der Waals surface area contributed by atoms with Crippen LogP contribution in [-0.4, -0.2) is 37.3 Å². The molecule has 1 saturated heterocycles. The standard InChI is InChI=1S/C21H26N2O4S2/c1-2-28-12-15-3-4-19(27-15)14-9-16-18(13-5-7-29(25,26)8-6-13)11-23-20(16)17(10-14)21(22)24/h3-4,9-11,13,23,25-26H,2,5-8,12H2,1H3,(H2,22,24). The van der Waals surface area contributed by atoms with Gasteiger partial charge in [0.15, 0.2) is 0 Å². The molecular weight excluding hydrogens is 408 g/mol. The largest absolute Gasteiger partial charge is 0.460 e. The van der Waals surface area contributed by atoms with Gasteiger partial charge in [-0.1, -0.05) is 6.92 Å². The third kappa shape index (κ3) is 4.21. The number of H-pyrrole nitrogens is 1. The molecule has 3 heterocycles. The predicted octanol–water partition coefficient (Wildman–Crippen LogP) is 5.41. The van der Waals surface area contributed by atoms with Gasteiger partial charge in [0.25, 0.3) is 5.91 Å². The first-order valence-corrected chi connectivity index (χ1v) is 12.8. The number of hydrogen-bond donors (Lipinski definition) is 4. The molecule has 0 bridgehead atoms. The van der Waals surface area contributed by atoms with Crippen LogP contribution in [0.2, 0.25) is 0 Å². The highest BCUT2D eigenvalue weighted by atomic mass is 32.3. The minimum atomic E-state index is -2.44. The monoisotopic (exact) mass is 434 g/mol. The first-order chi connectivity index (χ1) is 13.9. The summed E-state index contributed by atoms with van der Waals surface area (Å²) in [6.45, 7) is 2.11. The van der Waals surface area contributed by atoms with Crippen molar-refractivity contribution < 1.29 is 18.3 Å². The Morgan fingerprint density at radius 2 is 2.07 bits per heavy atom. The van der Waals surface area contributed by atoms with E-state index in [4.69, 9.17) is 10.2 Å². The molecule has 0 radical (unpaired) electrons. The van der Waals surface area contributed by atoms with Crippen LogP contribution in [0.15, 0.2) is 34.9 Å². The second-order valence-corrected chi connectivity index (χ2v) is 11.1. The van der Waals surface area contributed by atoms with Crippen LogP contribution in [0.3, 0.4) is 0 Å². The molecule has 6 nitrogen and oxygen atoms in total. The number of fused-ring (bicyclic) bond motifs is 1. The van der Waals surface area contributed by atoms with Crippen molar-refractivity contribution >= 4 is 39.2 Å². The van der Waals surface area contributed by atoms with E-state index < -0.39 is 16.5 Å². The van der Waals surface area contributed by atoms with Crippen LogP contribution < -0.4 is 5.73 Å². The Hall–Kier alpha value is -1.87. The van der Waals surface area contributed by atoms with Gasteiger partial charge in [0, 0.05) is 28.7 Å². The Bertz CT molecular complexity index is 1030. The Morgan fingerprint density at radius 3 is 2.76 bits per heavy atom. The van der Waals surface area contributed by atoms with E-state index in [9.17, 15) is 13.9 Å². The van der Waals surface area contributed by atoms with E-state index in [1.165, 1.54) is 0 Å². The molecular formula is C21H26N2O4S2. The molecule has 1 fully saturated rings. The van der Waals surface area contributed by atoms with Crippen molar-refractivity contribution in [2.24, 2.45) is 5.73 Å². The van der Waals surface area contributed by atoms with Gasteiger partial charge in [0.05, 0.1) is 16.8 Å². The molecule has 156 valence electrons. The van der Waals surface area contributed by atoms with E-state index in [0.717, 1.165) is 39.3 Å². The van der Waals surface area contributed by atoms with Gasteiger partial charge in [-0.25, -0.2) is 0 Å². The van der Waals surface area contributed by atoms with Gasteiger partial charge >= 0.3 is 0 Å². The molecule has 2 aromatic heterocycles. The first kappa shape index (κ1) is 20.4. The lowest BCUT2D eigenvalue weighted by molar-refractivity contribution is 0.100. The lowest BCUT2D eigenvalue weighted by atomic mass is 9.91. The molecule has 0 atom stereocenters. The summed E-state index contributed by atoms with van der Waals surface area (Å²) in [6, 6.07) is 7.71. The number of furan rings is 1. The van der Waals surface area contributed by atoms with Gasteiger partial charge in [0.2, 0.25) is 0 Å². The van der Waals surface area contributed by atoms with Crippen molar-refractivity contribution in [2.45, 2.75) is 31.4 Å². The van der Waals surface area contributed by atoms with Gasteiger partial charge in [-0.3, -0.25) is 13.9 Å². The van der Waals surface area contributed by atoms with Gasteiger partial charge in [0.1, 0.15) is 11.5 Å². The second-order valence-electron chi connectivity index (χ2n) is 7.44. The fourth-order valence-electron chi connectivity index (χ4n) is 3.96. The number of amides is 1. The van der Waals surface area contributed by atoms with Crippen LogP contribution in [0.4, 0.5) is 0 Å². The molecule has 8 heteroatoms. The highest BCUT2D eigenvalue weighted by Crippen LogP contribution is 2.49. The fraction of sp³-hybridized carbons (Fsp3) is 0.381. The predicted molar refractivity (Wildman–Crippen MR) is 121 cm³/mol. The van der Waals surface area contributed by atoms with E-state index in [0.29, 0.717) is 35.7 Å². The van der Waals surface area contributed by atoms with Crippen LogP contribution >= 0.6 is 22.4 Å². The highest BCUT2D eigenvalue weighted by Gasteiger charge is 2.27. The zero-order valence-corrected chi connectivity index (χ0v) is 17.9. The summed E-state index contributed by atoms with van der Waals surface area (Å²) in [5.41, 5.74) is 8.73. The van der Waals surface area contributed by atoms with E-state index >= 15 is 0 Å². The van der Waals surface area contributed by atoms with Crippen LogP contribution in [0.1, 0.15) is 47.4 Å². The number of carbonyl (C=O) groups excluding carboxylic acids is 1. The Balaban J connectivity index is 1.74. The minimum absolute atomic E-state index is 0.216.